The average molecular weight is 287 g/mol. The fraction of sp³-hybridized carbons (Fsp3) is 0.500. The van der Waals surface area contributed by atoms with Crippen LogP contribution in [0.1, 0.15) is 12.0 Å². The van der Waals surface area contributed by atoms with E-state index in [9.17, 15) is 0 Å². The van der Waals surface area contributed by atoms with Gasteiger partial charge >= 0.3 is 0 Å². The lowest BCUT2D eigenvalue weighted by molar-refractivity contribution is 0.557. The van der Waals surface area contributed by atoms with E-state index in [1.807, 2.05) is 0 Å². The average Bonchev–Trinajstić information content (AvgIpc) is 2.14. The molecule has 0 amide bonds. The number of hydrogen-bond acceptors (Lipinski definition) is 1. The summed E-state index contributed by atoms with van der Waals surface area (Å²) in [7, 11) is -1.45. The van der Waals surface area contributed by atoms with E-state index in [1.165, 1.54) is 12.0 Å². The van der Waals surface area contributed by atoms with Crippen molar-refractivity contribution in [2.75, 3.05) is 5.33 Å². The Morgan fingerprint density at radius 1 is 1.13 bits per heavy atom. The molecule has 0 radical (unpaired) electrons. The molecule has 0 spiro atoms. The number of alkyl halides is 1. The highest BCUT2D eigenvalue weighted by Gasteiger charge is 2.15. The maximum absolute atomic E-state index is 5.89. The van der Waals surface area contributed by atoms with Crippen LogP contribution in [0.3, 0.4) is 0 Å². The monoisotopic (exact) mass is 286 g/mol. The lowest BCUT2D eigenvalue weighted by Gasteiger charge is -2.19. The summed E-state index contributed by atoms with van der Waals surface area (Å²) in [6.45, 7) is 6.60. The summed E-state index contributed by atoms with van der Waals surface area (Å²) in [5, 5.41) is 1.07. The minimum absolute atomic E-state index is 1.01. The summed E-state index contributed by atoms with van der Waals surface area (Å²) in [6, 6.07) is 8.50. The van der Waals surface area contributed by atoms with E-state index in [-0.39, 0.29) is 0 Å². The summed E-state index contributed by atoms with van der Waals surface area (Å²) in [6.07, 6.45) is 2.33. The molecule has 0 unspecified atom stereocenters. The molecule has 1 aromatic carbocycles. The van der Waals surface area contributed by atoms with E-state index in [2.05, 4.69) is 59.8 Å². The molecular weight excluding hydrogens is 268 g/mol. The van der Waals surface area contributed by atoms with Crippen LogP contribution in [-0.4, -0.2) is 13.6 Å². The zero-order chi connectivity index (χ0) is 11.3. The van der Waals surface area contributed by atoms with Gasteiger partial charge in [0.2, 0.25) is 8.32 Å². The minimum Gasteiger partial charge on any atom is -0.544 e. The van der Waals surface area contributed by atoms with Gasteiger partial charge in [0.15, 0.2) is 0 Å². The molecule has 0 aromatic heterocycles. The molecule has 0 heterocycles. The molecule has 0 bridgehead atoms. The molecule has 84 valence electrons. The van der Waals surface area contributed by atoms with Crippen molar-refractivity contribution in [1.82, 2.24) is 0 Å². The third kappa shape index (κ3) is 5.38. The first-order chi connectivity index (χ1) is 7.01. The van der Waals surface area contributed by atoms with Gasteiger partial charge < -0.3 is 4.43 Å². The molecule has 15 heavy (non-hydrogen) atoms. The van der Waals surface area contributed by atoms with Crippen LogP contribution < -0.4 is 4.43 Å². The number of aryl methyl sites for hydroxylation is 1. The van der Waals surface area contributed by atoms with Gasteiger partial charge in [-0.15, -0.1) is 0 Å². The van der Waals surface area contributed by atoms with Gasteiger partial charge in [-0.1, -0.05) is 28.1 Å². The van der Waals surface area contributed by atoms with Crippen molar-refractivity contribution in [2.24, 2.45) is 0 Å². The van der Waals surface area contributed by atoms with Gasteiger partial charge in [-0.25, -0.2) is 0 Å². The first-order valence-corrected chi connectivity index (χ1v) is 9.88. The van der Waals surface area contributed by atoms with E-state index in [0.717, 1.165) is 17.5 Å². The minimum atomic E-state index is -1.45. The summed E-state index contributed by atoms with van der Waals surface area (Å²) in [4.78, 5) is 0. The second kappa shape index (κ2) is 5.71. The van der Waals surface area contributed by atoms with Gasteiger partial charge in [-0.2, -0.15) is 0 Å². The molecular formula is C12H19BrOSi. The third-order valence-corrected chi connectivity index (χ3v) is 3.36. The van der Waals surface area contributed by atoms with Crippen molar-refractivity contribution < 1.29 is 4.43 Å². The molecule has 0 fully saturated rings. The van der Waals surface area contributed by atoms with Gasteiger partial charge in [0.1, 0.15) is 5.75 Å². The molecule has 1 aromatic rings. The first kappa shape index (κ1) is 12.8. The summed E-state index contributed by atoms with van der Waals surface area (Å²) < 4.78 is 5.89. The third-order valence-electron chi connectivity index (χ3n) is 1.95. The Morgan fingerprint density at radius 3 is 2.20 bits per heavy atom. The molecule has 0 saturated carbocycles. The lowest BCUT2D eigenvalue weighted by Crippen LogP contribution is -2.29. The Labute approximate surface area is 102 Å². The van der Waals surface area contributed by atoms with Crippen LogP contribution in [0.4, 0.5) is 0 Å². The van der Waals surface area contributed by atoms with Crippen LogP contribution in [0.15, 0.2) is 24.3 Å². The first-order valence-electron chi connectivity index (χ1n) is 5.35. The van der Waals surface area contributed by atoms with E-state index < -0.39 is 8.32 Å². The topological polar surface area (TPSA) is 9.23 Å². The lowest BCUT2D eigenvalue weighted by atomic mass is 10.1. The zero-order valence-electron chi connectivity index (χ0n) is 9.72. The molecule has 0 aliphatic rings. The molecule has 3 heteroatoms. The van der Waals surface area contributed by atoms with Crippen molar-refractivity contribution >= 4 is 24.2 Å². The number of halogens is 1. The largest absolute Gasteiger partial charge is 0.544 e. The Morgan fingerprint density at radius 2 is 1.73 bits per heavy atom. The fourth-order valence-corrected chi connectivity index (χ4v) is 2.47. The smallest absolute Gasteiger partial charge is 0.242 e. The van der Waals surface area contributed by atoms with Crippen LogP contribution in [0.5, 0.6) is 5.75 Å². The van der Waals surface area contributed by atoms with Crippen molar-refractivity contribution in [3.05, 3.63) is 29.8 Å². The Bertz CT molecular complexity index is 289. The number of hydrogen-bond donors (Lipinski definition) is 0. The molecule has 0 aliphatic carbocycles. The summed E-state index contributed by atoms with van der Waals surface area (Å²) in [5.74, 6) is 1.01. The SMILES string of the molecule is C[Si](C)(C)Oc1ccc(CCCBr)cc1. The molecule has 0 aliphatic heterocycles. The van der Waals surface area contributed by atoms with Crippen LogP contribution in [0.25, 0.3) is 0 Å². The van der Waals surface area contributed by atoms with Crippen molar-refractivity contribution in [2.45, 2.75) is 32.5 Å². The Balaban J connectivity index is 2.56. The van der Waals surface area contributed by atoms with Crippen molar-refractivity contribution in [1.29, 1.82) is 0 Å². The van der Waals surface area contributed by atoms with Crippen molar-refractivity contribution in [3.8, 4) is 5.75 Å². The maximum atomic E-state index is 5.89. The van der Waals surface area contributed by atoms with Gasteiger partial charge in [0.25, 0.3) is 0 Å². The Kier molecular flexibility index (Phi) is 4.86. The van der Waals surface area contributed by atoms with Gasteiger partial charge in [0.05, 0.1) is 0 Å². The second-order valence-corrected chi connectivity index (χ2v) is 9.87. The van der Waals surface area contributed by atoms with Crippen LogP contribution in [0, 0.1) is 0 Å². The molecule has 0 saturated heterocycles. The predicted molar refractivity (Wildman–Crippen MR) is 72.5 cm³/mol. The van der Waals surface area contributed by atoms with Crippen LogP contribution >= 0.6 is 15.9 Å². The van der Waals surface area contributed by atoms with E-state index in [4.69, 9.17) is 4.43 Å². The van der Waals surface area contributed by atoms with E-state index in [1.54, 1.807) is 0 Å². The zero-order valence-corrected chi connectivity index (χ0v) is 12.3. The van der Waals surface area contributed by atoms with Gasteiger partial charge in [0, 0.05) is 5.33 Å². The van der Waals surface area contributed by atoms with E-state index in [0.29, 0.717) is 0 Å². The summed E-state index contributed by atoms with van der Waals surface area (Å²) in [5.41, 5.74) is 1.39. The van der Waals surface area contributed by atoms with Crippen LogP contribution in [0.2, 0.25) is 19.6 Å². The standard InChI is InChI=1S/C12H19BrOSi/c1-15(2,3)14-12-8-6-11(7-9-12)5-4-10-13/h6-9H,4-5,10H2,1-3H3. The molecule has 1 rings (SSSR count). The van der Waals surface area contributed by atoms with Crippen molar-refractivity contribution in [3.63, 3.8) is 0 Å². The highest BCUT2D eigenvalue weighted by molar-refractivity contribution is 9.09. The predicted octanol–water partition coefficient (Wildman–Crippen LogP) is 4.23. The molecule has 0 atom stereocenters. The maximum Gasteiger partial charge on any atom is 0.242 e. The molecule has 1 nitrogen and oxygen atoms in total. The highest BCUT2D eigenvalue weighted by Crippen LogP contribution is 2.17. The van der Waals surface area contributed by atoms with Gasteiger partial charge in [-0.3, -0.25) is 0 Å². The highest BCUT2D eigenvalue weighted by atomic mass is 79.9. The second-order valence-electron chi connectivity index (χ2n) is 4.65. The van der Waals surface area contributed by atoms with E-state index >= 15 is 0 Å². The Hall–Kier alpha value is -0.283. The van der Waals surface area contributed by atoms with Crippen LogP contribution in [-0.2, 0) is 6.42 Å². The fourth-order valence-electron chi connectivity index (χ4n) is 1.35. The van der Waals surface area contributed by atoms with Gasteiger partial charge in [-0.05, 0) is 50.2 Å². The number of rotatable bonds is 5. The normalized spacial score (nSPS) is 11.5. The molecule has 0 N–H and O–H groups in total. The quantitative estimate of drug-likeness (QED) is 0.582. The number of benzene rings is 1. The summed E-state index contributed by atoms with van der Waals surface area (Å²) >= 11 is 3.44.